The molecule has 0 aliphatic rings. The summed E-state index contributed by atoms with van der Waals surface area (Å²) in [6, 6.07) is 1.98. The van der Waals surface area contributed by atoms with Gasteiger partial charge in [-0.15, -0.1) is 0 Å². The fourth-order valence-electron chi connectivity index (χ4n) is 1.39. The van der Waals surface area contributed by atoms with Crippen molar-refractivity contribution >= 4 is 23.1 Å². The number of nitrogens with zero attached hydrogens (tertiary/aromatic N) is 2. The quantitative estimate of drug-likeness (QED) is 0.824. The zero-order valence-corrected chi connectivity index (χ0v) is 10.0. The lowest BCUT2D eigenvalue weighted by atomic mass is 10.3. The normalized spacial score (nSPS) is 12.9. The van der Waals surface area contributed by atoms with Gasteiger partial charge in [0.1, 0.15) is 5.82 Å². The summed E-state index contributed by atoms with van der Waals surface area (Å²) in [6.07, 6.45) is 1.59. The van der Waals surface area contributed by atoms with E-state index in [9.17, 15) is 0 Å². The van der Waals surface area contributed by atoms with E-state index in [0.29, 0.717) is 16.5 Å². The summed E-state index contributed by atoms with van der Waals surface area (Å²) < 4.78 is 0. The van der Waals surface area contributed by atoms with E-state index in [1.165, 1.54) is 0 Å². The third-order valence-electron chi connectivity index (χ3n) is 1.88. The number of hydrogen-bond acceptors (Lipinski definition) is 4. The van der Waals surface area contributed by atoms with E-state index >= 15 is 0 Å². The van der Waals surface area contributed by atoms with Crippen LogP contribution in [0.5, 0.6) is 0 Å². The predicted octanol–water partition coefficient (Wildman–Crippen LogP) is 1.68. The Hall–Kier alpha value is -1.00. The van der Waals surface area contributed by atoms with Gasteiger partial charge < -0.3 is 16.0 Å². The highest BCUT2D eigenvalue weighted by Gasteiger charge is 2.07. The van der Waals surface area contributed by atoms with Gasteiger partial charge in [-0.3, -0.25) is 0 Å². The van der Waals surface area contributed by atoms with E-state index in [2.05, 4.69) is 22.1 Å². The molecule has 0 bridgehead atoms. The zero-order valence-electron chi connectivity index (χ0n) is 9.29. The number of nitrogens with two attached hydrogens (primary N) is 1. The molecule has 1 aromatic rings. The molecule has 15 heavy (non-hydrogen) atoms. The molecule has 0 aliphatic carbocycles. The van der Waals surface area contributed by atoms with Gasteiger partial charge in [0.15, 0.2) is 0 Å². The lowest BCUT2D eigenvalue weighted by Crippen LogP contribution is -2.30. The molecule has 0 spiro atoms. The Bertz CT molecular complexity index is 327. The molecule has 1 unspecified atom stereocenters. The third kappa shape index (κ3) is 3.93. The van der Waals surface area contributed by atoms with E-state index in [-0.39, 0.29) is 6.04 Å². The van der Waals surface area contributed by atoms with Crippen LogP contribution in [-0.2, 0) is 0 Å². The van der Waals surface area contributed by atoms with Crippen molar-refractivity contribution in [3.8, 4) is 0 Å². The number of nitrogen functional groups attached to an aromatic ring is 1. The smallest absolute Gasteiger partial charge is 0.145 e. The average Bonchev–Trinajstić information content (AvgIpc) is 2.08. The highest BCUT2D eigenvalue weighted by molar-refractivity contribution is 6.33. The minimum atomic E-state index is 0.286. The monoisotopic (exact) mass is 228 g/mol. The molecule has 0 saturated heterocycles. The molecular weight excluding hydrogens is 212 g/mol. The summed E-state index contributed by atoms with van der Waals surface area (Å²) in [5.41, 5.74) is 6.13. The summed E-state index contributed by atoms with van der Waals surface area (Å²) in [5, 5.41) is 3.78. The molecule has 0 saturated carbocycles. The molecule has 1 rings (SSSR count). The van der Waals surface area contributed by atoms with Crippen molar-refractivity contribution < 1.29 is 0 Å². The molecule has 0 fully saturated rings. The van der Waals surface area contributed by atoms with Gasteiger partial charge in [-0.2, -0.15) is 0 Å². The van der Waals surface area contributed by atoms with Crippen molar-refractivity contribution in [2.24, 2.45) is 0 Å². The van der Waals surface area contributed by atoms with Crippen LogP contribution in [0.1, 0.15) is 6.92 Å². The molecule has 0 radical (unpaired) electrons. The second-order valence-electron chi connectivity index (χ2n) is 3.91. The number of halogens is 1. The van der Waals surface area contributed by atoms with Crippen LogP contribution in [0.2, 0.25) is 5.02 Å². The van der Waals surface area contributed by atoms with Crippen molar-refractivity contribution in [1.82, 2.24) is 9.88 Å². The van der Waals surface area contributed by atoms with Gasteiger partial charge in [0.2, 0.25) is 0 Å². The summed E-state index contributed by atoms with van der Waals surface area (Å²) in [6.45, 7) is 3.00. The minimum Gasteiger partial charge on any atom is -0.397 e. The van der Waals surface area contributed by atoms with Crippen LogP contribution < -0.4 is 11.1 Å². The molecular formula is C10H17ClN4. The van der Waals surface area contributed by atoms with Crippen molar-refractivity contribution in [1.29, 1.82) is 0 Å². The number of aromatic nitrogens is 1. The first-order chi connectivity index (χ1) is 6.99. The maximum absolute atomic E-state index is 5.99. The van der Waals surface area contributed by atoms with Crippen molar-refractivity contribution in [2.75, 3.05) is 31.7 Å². The van der Waals surface area contributed by atoms with Crippen molar-refractivity contribution in [2.45, 2.75) is 13.0 Å². The fourth-order valence-corrected chi connectivity index (χ4v) is 1.62. The van der Waals surface area contributed by atoms with E-state index in [0.717, 1.165) is 6.54 Å². The van der Waals surface area contributed by atoms with Gasteiger partial charge in [0.05, 0.1) is 16.9 Å². The molecule has 0 amide bonds. The Labute approximate surface area is 95.4 Å². The van der Waals surface area contributed by atoms with Gasteiger partial charge >= 0.3 is 0 Å². The van der Waals surface area contributed by atoms with E-state index in [4.69, 9.17) is 17.3 Å². The Morgan fingerprint density at radius 1 is 1.60 bits per heavy atom. The molecule has 3 N–H and O–H groups in total. The molecule has 0 aliphatic heterocycles. The minimum absolute atomic E-state index is 0.286. The summed E-state index contributed by atoms with van der Waals surface area (Å²) in [4.78, 5) is 6.24. The first kappa shape index (κ1) is 12.1. The molecule has 5 heteroatoms. The van der Waals surface area contributed by atoms with Crippen LogP contribution in [-0.4, -0.2) is 36.6 Å². The summed E-state index contributed by atoms with van der Waals surface area (Å²) in [5.74, 6) is 0.681. The Balaban J connectivity index is 2.64. The van der Waals surface area contributed by atoms with Crippen molar-refractivity contribution in [3.05, 3.63) is 17.3 Å². The van der Waals surface area contributed by atoms with Crippen LogP contribution >= 0.6 is 11.6 Å². The zero-order chi connectivity index (χ0) is 11.4. The number of likely N-dealkylation sites (N-methyl/N-ethyl adjacent to an activating group) is 1. The van der Waals surface area contributed by atoms with E-state index in [1.54, 1.807) is 12.3 Å². The van der Waals surface area contributed by atoms with Crippen LogP contribution in [0, 0.1) is 0 Å². The molecule has 0 aromatic carbocycles. The molecule has 4 nitrogen and oxygen atoms in total. The lowest BCUT2D eigenvalue weighted by molar-refractivity contribution is 0.392. The molecule has 1 atom stereocenters. The maximum atomic E-state index is 5.99. The predicted molar refractivity (Wildman–Crippen MR) is 65.3 cm³/mol. The highest BCUT2D eigenvalue weighted by atomic mass is 35.5. The third-order valence-corrected chi connectivity index (χ3v) is 2.17. The standard InChI is InChI=1S/C10H17ClN4/c1-7(6-15(2)3)14-10-9(11)4-8(12)5-13-10/h4-5,7H,6,12H2,1-3H3,(H,13,14). The topological polar surface area (TPSA) is 54.2 Å². The second-order valence-corrected chi connectivity index (χ2v) is 4.31. The van der Waals surface area contributed by atoms with Crippen molar-refractivity contribution in [3.63, 3.8) is 0 Å². The first-order valence-corrected chi connectivity index (χ1v) is 5.19. The summed E-state index contributed by atoms with van der Waals surface area (Å²) >= 11 is 5.99. The van der Waals surface area contributed by atoms with Gasteiger partial charge in [-0.05, 0) is 27.1 Å². The molecule has 84 valence electrons. The number of hydrogen-bond donors (Lipinski definition) is 2. The van der Waals surface area contributed by atoms with Gasteiger partial charge in [-0.25, -0.2) is 4.98 Å². The largest absolute Gasteiger partial charge is 0.397 e. The second kappa shape index (κ2) is 5.19. The Morgan fingerprint density at radius 2 is 2.27 bits per heavy atom. The van der Waals surface area contributed by atoms with Crippen LogP contribution in [0.4, 0.5) is 11.5 Å². The molecule has 1 aromatic heterocycles. The Kier molecular flexibility index (Phi) is 4.17. The number of nitrogens with one attached hydrogen (secondary N) is 1. The SMILES string of the molecule is CC(CN(C)C)Nc1ncc(N)cc1Cl. The van der Waals surface area contributed by atoms with Crippen LogP contribution in [0.15, 0.2) is 12.3 Å². The van der Waals surface area contributed by atoms with E-state index < -0.39 is 0 Å². The average molecular weight is 229 g/mol. The highest BCUT2D eigenvalue weighted by Crippen LogP contribution is 2.21. The Morgan fingerprint density at radius 3 is 2.80 bits per heavy atom. The molecule has 1 heterocycles. The van der Waals surface area contributed by atoms with Gasteiger partial charge in [-0.1, -0.05) is 11.6 Å². The lowest BCUT2D eigenvalue weighted by Gasteiger charge is -2.19. The number of pyridine rings is 1. The van der Waals surface area contributed by atoms with Crippen LogP contribution in [0.25, 0.3) is 0 Å². The van der Waals surface area contributed by atoms with Gasteiger partial charge in [0.25, 0.3) is 0 Å². The van der Waals surface area contributed by atoms with Crippen LogP contribution in [0.3, 0.4) is 0 Å². The number of anilines is 2. The van der Waals surface area contributed by atoms with Gasteiger partial charge in [0, 0.05) is 12.6 Å². The summed E-state index contributed by atoms with van der Waals surface area (Å²) in [7, 11) is 4.05. The first-order valence-electron chi connectivity index (χ1n) is 4.81. The maximum Gasteiger partial charge on any atom is 0.145 e. The van der Waals surface area contributed by atoms with E-state index in [1.807, 2.05) is 14.1 Å². The number of rotatable bonds is 4. The fraction of sp³-hybridized carbons (Fsp3) is 0.500.